The lowest BCUT2D eigenvalue weighted by molar-refractivity contribution is -0.139. The summed E-state index contributed by atoms with van der Waals surface area (Å²) in [5.41, 5.74) is 4.53. The van der Waals surface area contributed by atoms with Gasteiger partial charge in [-0.25, -0.2) is 14.6 Å². The summed E-state index contributed by atoms with van der Waals surface area (Å²) in [6.07, 6.45) is -0.373. The molecule has 0 fully saturated rings. The van der Waals surface area contributed by atoms with Crippen molar-refractivity contribution in [3.05, 3.63) is 70.7 Å². The summed E-state index contributed by atoms with van der Waals surface area (Å²) in [5, 5.41) is 16.0. The number of carboxylic acid groups (broad SMARTS) is 1. The largest absolute Gasteiger partial charge is 0.480 e. The maximum Gasteiger partial charge on any atom is 0.413 e. The van der Waals surface area contributed by atoms with E-state index in [1.807, 2.05) is 50.2 Å². The number of hydrogen-bond donors (Lipinski definition) is 3. The van der Waals surface area contributed by atoms with Crippen molar-refractivity contribution in [3.8, 4) is 11.1 Å². The molecule has 2 aromatic carbocycles. The molecule has 1 aliphatic rings. The molecule has 0 saturated carbocycles. The first kappa shape index (κ1) is 23.4. The van der Waals surface area contributed by atoms with Gasteiger partial charge in [-0.3, -0.25) is 10.1 Å². The molecule has 1 heterocycles. The van der Waals surface area contributed by atoms with Crippen LogP contribution in [0.25, 0.3) is 11.1 Å². The van der Waals surface area contributed by atoms with E-state index < -0.39 is 24.0 Å². The Morgan fingerprint density at radius 2 is 1.68 bits per heavy atom. The predicted octanol–water partition coefficient (Wildman–Crippen LogP) is 4.73. The van der Waals surface area contributed by atoms with Crippen molar-refractivity contribution in [1.82, 2.24) is 10.3 Å². The first-order valence-electron chi connectivity index (χ1n) is 10.9. The highest BCUT2D eigenvalue weighted by molar-refractivity contribution is 7.14. The highest BCUT2D eigenvalue weighted by Gasteiger charge is 2.29. The van der Waals surface area contributed by atoms with Crippen LogP contribution >= 0.6 is 11.3 Å². The summed E-state index contributed by atoms with van der Waals surface area (Å²) in [7, 11) is 0. The smallest absolute Gasteiger partial charge is 0.413 e. The molecule has 8 nitrogen and oxygen atoms in total. The van der Waals surface area contributed by atoms with Crippen LogP contribution in [0.5, 0.6) is 0 Å². The predicted molar refractivity (Wildman–Crippen MR) is 129 cm³/mol. The van der Waals surface area contributed by atoms with Crippen molar-refractivity contribution < 1.29 is 24.2 Å². The van der Waals surface area contributed by atoms with E-state index in [2.05, 4.69) is 27.8 Å². The Balaban J connectivity index is 1.36. The Morgan fingerprint density at radius 1 is 1.06 bits per heavy atom. The number of ether oxygens (including phenoxy) is 1. The Kier molecular flexibility index (Phi) is 6.93. The molecule has 0 bridgehead atoms. The van der Waals surface area contributed by atoms with E-state index in [4.69, 9.17) is 4.74 Å². The van der Waals surface area contributed by atoms with Gasteiger partial charge in [-0.2, -0.15) is 0 Å². The number of anilines is 1. The normalized spacial score (nSPS) is 13.1. The van der Waals surface area contributed by atoms with Crippen LogP contribution < -0.4 is 10.6 Å². The van der Waals surface area contributed by atoms with Gasteiger partial charge in [-0.1, -0.05) is 62.4 Å². The fraction of sp³-hybridized carbons (Fsp3) is 0.280. The summed E-state index contributed by atoms with van der Waals surface area (Å²) in [4.78, 5) is 40.3. The van der Waals surface area contributed by atoms with Crippen molar-refractivity contribution in [1.29, 1.82) is 0 Å². The Morgan fingerprint density at radius 3 is 2.26 bits per heavy atom. The fourth-order valence-corrected chi connectivity index (χ4v) is 4.76. The molecule has 0 aliphatic heterocycles. The number of rotatable bonds is 8. The highest BCUT2D eigenvalue weighted by Crippen LogP contribution is 2.44. The van der Waals surface area contributed by atoms with Gasteiger partial charge < -0.3 is 15.2 Å². The second-order valence-corrected chi connectivity index (χ2v) is 9.34. The molecule has 0 unspecified atom stereocenters. The third kappa shape index (κ3) is 5.09. The number of amides is 2. The average Bonchev–Trinajstić information content (AvgIpc) is 3.39. The van der Waals surface area contributed by atoms with Crippen molar-refractivity contribution >= 4 is 34.4 Å². The second-order valence-electron chi connectivity index (χ2n) is 8.48. The minimum atomic E-state index is -1.10. The molecule has 1 atom stereocenters. The first-order chi connectivity index (χ1) is 16.3. The van der Waals surface area contributed by atoms with E-state index in [9.17, 15) is 19.5 Å². The Hall–Kier alpha value is -3.72. The number of carbonyl (C=O) groups is 3. The van der Waals surface area contributed by atoms with Gasteiger partial charge in [-0.05, 0) is 34.6 Å². The Bertz CT molecular complexity index is 1180. The third-order valence-electron chi connectivity index (χ3n) is 5.60. The lowest BCUT2D eigenvalue weighted by Gasteiger charge is -2.15. The minimum absolute atomic E-state index is 0.0361. The molecule has 0 saturated heterocycles. The van der Waals surface area contributed by atoms with Gasteiger partial charge in [0.25, 0.3) is 5.91 Å². The van der Waals surface area contributed by atoms with Gasteiger partial charge in [0.15, 0.2) is 5.13 Å². The molecule has 1 aliphatic carbocycles. The summed E-state index contributed by atoms with van der Waals surface area (Å²) in [5.74, 6) is -1.67. The summed E-state index contributed by atoms with van der Waals surface area (Å²) in [6.45, 7) is 3.91. The molecule has 3 N–H and O–H groups in total. The van der Waals surface area contributed by atoms with Gasteiger partial charge in [-0.15, -0.1) is 11.3 Å². The number of nitrogens with zero attached hydrogens (tertiary/aromatic N) is 1. The van der Waals surface area contributed by atoms with E-state index in [-0.39, 0.29) is 29.3 Å². The van der Waals surface area contributed by atoms with Gasteiger partial charge >= 0.3 is 12.1 Å². The fourth-order valence-electron chi connectivity index (χ4n) is 4.08. The number of nitrogens with one attached hydrogen (secondary N) is 2. The Labute approximate surface area is 201 Å². The maximum absolute atomic E-state index is 12.4. The van der Waals surface area contributed by atoms with Gasteiger partial charge in [0.1, 0.15) is 18.3 Å². The van der Waals surface area contributed by atoms with Crippen LogP contribution in [0, 0.1) is 5.92 Å². The molecule has 0 radical (unpaired) electrons. The number of hydrogen-bond acceptors (Lipinski definition) is 6. The van der Waals surface area contributed by atoms with E-state index in [0.717, 1.165) is 33.6 Å². The summed E-state index contributed by atoms with van der Waals surface area (Å²) in [6, 6.07) is 15.1. The van der Waals surface area contributed by atoms with Crippen molar-refractivity contribution in [2.75, 3.05) is 11.9 Å². The van der Waals surface area contributed by atoms with Crippen LogP contribution in [0.15, 0.2) is 53.9 Å². The molecule has 4 rings (SSSR count). The number of carboxylic acids is 1. The molecule has 0 spiro atoms. The molecular weight excluding hydrogens is 454 g/mol. The van der Waals surface area contributed by atoms with Crippen LogP contribution in [-0.4, -0.2) is 40.7 Å². The van der Waals surface area contributed by atoms with E-state index in [0.29, 0.717) is 6.42 Å². The van der Waals surface area contributed by atoms with Crippen molar-refractivity contribution in [3.63, 3.8) is 0 Å². The maximum atomic E-state index is 12.4. The van der Waals surface area contributed by atoms with Gasteiger partial charge in [0.05, 0.1) is 0 Å². The molecular formula is C25H25N3O5S. The lowest BCUT2D eigenvalue weighted by atomic mass is 9.98. The van der Waals surface area contributed by atoms with Crippen molar-refractivity contribution in [2.24, 2.45) is 5.92 Å². The van der Waals surface area contributed by atoms with Gasteiger partial charge in [0.2, 0.25) is 0 Å². The zero-order valence-corrected chi connectivity index (χ0v) is 19.6. The molecule has 34 heavy (non-hydrogen) atoms. The monoisotopic (exact) mass is 479 g/mol. The zero-order valence-electron chi connectivity index (χ0n) is 18.8. The van der Waals surface area contributed by atoms with E-state index >= 15 is 0 Å². The standard InChI is InChI=1S/C25H25N3O5S/c1-14(2)11-20(23(30)31)26-22(29)21-13-34-24(27-21)28-25(32)33-12-19-17-9-5-3-7-15(17)16-8-4-6-10-18(16)19/h3-10,13-14,19-20H,11-12H2,1-2H3,(H,26,29)(H,30,31)(H,27,28,32)/t20-/m1/s1. The average molecular weight is 480 g/mol. The van der Waals surface area contributed by atoms with Crippen LogP contribution in [0.2, 0.25) is 0 Å². The topological polar surface area (TPSA) is 118 Å². The number of benzene rings is 2. The van der Waals surface area contributed by atoms with Gasteiger partial charge in [0, 0.05) is 11.3 Å². The molecule has 9 heteroatoms. The number of carbonyl (C=O) groups excluding carboxylic acids is 2. The number of thiazole rings is 1. The van der Waals surface area contributed by atoms with E-state index in [1.165, 1.54) is 5.38 Å². The summed E-state index contributed by atoms with van der Waals surface area (Å²) < 4.78 is 5.49. The number of aliphatic carboxylic acids is 1. The van der Waals surface area contributed by atoms with Crippen LogP contribution in [0.3, 0.4) is 0 Å². The zero-order chi connectivity index (χ0) is 24.2. The van der Waals surface area contributed by atoms with Crippen LogP contribution in [-0.2, 0) is 9.53 Å². The lowest BCUT2D eigenvalue weighted by Crippen LogP contribution is -2.41. The highest BCUT2D eigenvalue weighted by atomic mass is 32.1. The number of fused-ring (bicyclic) bond motifs is 3. The second kappa shape index (κ2) is 10.0. The number of aromatic nitrogens is 1. The van der Waals surface area contributed by atoms with Crippen molar-refractivity contribution in [2.45, 2.75) is 32.2 Å². The third-order valence-corrected chi connectivity index (χ3v) is 6.36. The SMILES string of the molecule is CC(C)C[C@@H](NC(=O)c1csc(NC(=O)OCC2c3ccccc3-c3ccccc32)n1)C(=O)O. The molecule has 3 aromatic rings. The molecule has 176 valence electrons. The van der Waals surface area contributed by atoms with E-state index in [1.54, 1.807) is 0 Å². The quantitative estimate of drug-likeness (QED) is 0.430. The minimum Gasteiger partial charge on any atom is -0.480 e. The molecule has 1 aromatic heterocycles. The summed E-state index contributed by atoms with van der Waals surface area (Å²) >= 11 is 1.06. The van der Waals surface area contributed by atoms with Crippen LogP contribution in [0.4, 0.5) is 9.93 Å². The molecule has 2 amide bonds. The first-order valence-corrected chi connectivity index (χ1v) is 11.8. The van der Waals surface area contributed by atoms with Crippen LogP contribution in [0.1, 0.15) is 47.8 Å².